The number of esters is 1. The number of thiol groups is 1. The molecule has 0 aliphatic carbocycles. The van der Waals surface area contributed by atoms with Crippen LogP contribution in [-0.4, -0.2) is 71.5 Å². The number of benzene rings is 1. The molecule has 1 rings (SSSR count). The van der Waals surface area contributed by atoms with Gasteiger partial charge in [0.2, 0.25) is 11.8 Å². The molecule has 2 atom stereocenters. The molecule has 3 N–H and O–H groups in total. The fourth-order valence-electron chi connectivity index (χ4n) is 3.38. The Balaban J connectivity index is 3.43. The van der Waals surface area contributed by atoms with Gasteiger partial charge in [-0.05, 0) is 57.4 Å². The lowest BCUT2D eigenvalue weighted by Crippen LogP contribution is -2.54. The van der Waals surface area contributed by atoms with Crippen LogP contribution in [0.25, 0.3) is 0 Å². The van der Waals surface area contributed by atoms with Gasteiger partial charge in [-0.15, -0.1) is 0 Å². The topological polar surface area (TPSA) is 134 Å². The van der Waals surface area contributed by atoms with Gasteiger partial charge in [0.15, 0.2) is 0 Å². The SMILES string of the molecule is CCCCCN(C(=O)C(CS)NC(=O)OC(C)(C)C)C(C(=O)NCC(=O)OC)c1ccc(O)c(C)c1. The Hall–Kier alpha value is -2.95. The minimum Gasteiger partial charge on any atom is -0.508 e. The van der Waals surface area contributed by atoms with E-state index < -0.39 is 41.6 Å². The minimum absolute atomic E-state index is 0.0343. The molecule has 1 aromatic rings. The number of methoxy groups -OCH3 is 1. The molecule has 0 spiro atoms. The van der Waals surface area contributed by atoms with Crippen molar-refractivity contribution in [3.63, 3.8) is 0 Å². The smallest absolute Gasteiger partial charge is 0.408 e. The van der Waals surface area contributed by atoms with E-state index in [9.17, 15) is 24.3 Å². The molecule has 0 aliphatic rings. The highest BCUT2D eigenvalue weighted by Gasteiger charge is 2.36. The number of alkyl carbamates (subject to hydrolysis) is 1. The van der Waals surface area contributed by atoms with E-state index in [1.807, 2.05) is 6.92 Å². The highest BCUT2D eigenvalue weighted by atomic mass is 32.1. The number of amides is 3. The molecule has 0 aromatic heterocycles. The molecule has 0 fully saturated rings. The molecule has 202 valence electrons. The number of hydrogen-bond donors (Lipinski definition) is 4. The predicted molar refractivity (Wildman–Crippen MR) is 139 cm³/mol. The summed E-state index contributed by atoms with van der Waals surface area (Å²) < 4.78 is 9.89. The fourth-order valence-corrected chi connectivity index (χ4v) is 3.63. The van der Waals surface area contributed by atoms with Gasteiger partial charge in [-0.2, -0.15) is 12.6 Å². The molecular formula is C25H39N3O7S. The Morgan fingerprint density at radius 2 is 1.83 bits per heavy atom. The number of phenols is 1. The van der Waals surface area contributed by atoms with Crippen molar-refractivity contribution in [2.24, 2.45) is 0 Å². The van der Waals surface area contributed by atoms with Crippen LogP contribution in [-0.2, 0) is 23.9 Å². The van der Waals surface area contributed by atoms with Crippen molar-refractivity contribution in [2.45, 2.75) is 71.6 Å². The maximum absolute atomic E-state index is 13.7. The molecule has 0 bridgehead atoms. The van der Waals surface area contributed by atoms with Gasteiger partial charge in [0, 0.05) is 12.3 Å². The van der Waals surface area contributed by atoms with Crippen LogP contribution >= 0.6 is 12.6 Å². The van der Waals surface area contributed by atoms with Crippen molar-refractivity contribution >= 4 is 36.5 Å². The molecule has 10 nitrogen and oxygen atoms in total. The van der Waals surface area contributed by atoms with Crippen LogP contribution in [0.1, 0.15) is 64.1 Å². The molecule has 2 unspecified atom stereocenters. The Kier molecular flexibility index (Phi) is 12.6. The maximum atomic E-state index is 13.7. The standard InChI is InChI=1S/C25H39N3O7S/c1-7-8-9-12-28(23(32)18(15-36)27-24(33)35-25(3,4)5)21(22(31)26-14-20(30)34-6)17-10-11-19(29)16(2)13-17/h10-11,13,18,21,29,36H,7-9,12,14-15H2,1-6H3,(H,26,31)(H,27,33). The number of aryl methyl sites for hydroxylation is 1. The van der Waals surface area contributed by atoms with Crippen molar-refractivity contribution < 1.29 is 33.8 Å². The number of carbonyl (C=O) groups excluding carboxylic acids is 4. The van der Waals surface area contributed by atoms with Crippen LogP contribution < -0.4 is 10.6 Å². The molecule has 1 aromatic carbocycles. The second-order valence-electron chi connectivity index (χ2n) is 9.36. The average molecular weight is 526 g/mol. The van der Waals surface area contributed by atoms with Gasteiger partial charge >= 0.3 is 12.1 Å². The first kappa shape index (κ1) is 31.1. The van der Waals surface area contributed by atoms with E-state index in [1.54, 1.807) is 39.8 Å². The number of ether oxygens (including phenoxy) is 2. The number of nitrogens with one attached hydrogen (secondary N) is 2. The van der Waals surface area contributed by atoms with Crippen LogP contribution in [0.5, 0.6) is 5.75 Å². The minimum atomic E-state index is -1.14. The largest absolute Gasteiger partial charge is 0.508 e. The van der Waals surface area contributed by atoms with E-state index in [2.05, 4.69) is 28.0 Å². The second-order valence-corrected chi connectivity index (χ2v) is 9.73. The summed E-state index contributed by atoms with van der Waals surface area (Å²) in [5, 5.41) is 15.1. The van der Waals surface area contributed by atoms with Crippen LogP contribution in [0.15, 0.2) is 18.2 Å². The third kappa shape index (κ3) is 9.96. The summed E-state index contributed by atoms with van der Waals surface area (Å²) in [5.41, 5.74) is 0.180. The van der Waals surface area contributed by atoms with Crippen LogP contribution in [0, 0.1) is 6.92 Å². The van der Waals surface area contributed by atoms with Crippen LogP contribution in [0.3, 0.4) is 0 Å². The van der Waals surface area contributed by atoms with Crippen molar-refractivity contribution in [1.29, 1.82) is 0 Å². The highest BCUT2D eigenvalue weighted by Crippen LogP contribution is 2.27. The Morgan fingerprint density at radius 1 is 1.17 bits per heavy atom. The Morgan fingerprint density at radius 3 is 2.36 bits per heavy atom. The lowest BCUT2D eigenvalue weighted by Gasteiger charge is -2.34. The third-order valence-corrected chi connectivity index (χ3v) is 5.55. The molecule has 0 saturated carbocycles. The molecule has 36 heavy (non-hydrogen) atoms. The van der Waals surface area contributed by atoms with Crippen LogP contribution in [0.4, 0.5) is 4.79 Å². The van der Waals surface area contributed by atoms with E-state index in [0.717, 1.165) is 12.8 Å². The number of carbonyl (C=O) groups is 4. The monoisotopic (exact) mass is 525 g/mol. The van der Waals surface area contributed by atoms with Crippen LogP contribution in [0.2, 0.25) is 0 Å². The Labute approximate surface area is 218 Å². The van der Waals surface area contributed by atoms with E-state index in [4.69, 9.17) is 4.74 Å². The first-order valence-corrected chi connectivity index (χ1v) is 12.5. The molecule has 0 saturated heterocycles. The molecular weight excluding hydrogens is 486 g/mol. The lowest BCUT2D eigenvalue weighted by molar-refractivity contribution is -0.144. The van der Waals surface area contributed by atoms with E-state index in [-0.39, 0.29) is 24.6 Å². The van der Waals surface area contributed by atoms with Gasteiger partial charge in [0.05, 0.1) is 7.11 Å². The number of rotatable bonds is 12. The van der Waals surface area contributed by atoms with E-state index in [1.165, 1.54) is 18.1 Å². The summed E-state index contributed by atoms with van der Waals surface area (Å²) in [5.74, 6) is -1.78. The van der Waals surface area contributed by atoms with Crippen molar-refractivity contribution in [2.75, 3.05) is 26.0 Å². The highest BCUT2D eigenvalue weighted by molar-refractivity contribution is 7.80. The number of hydrogen-bond acceptors (Lipinski definition) is 8. The molecule has 11 heteroatoms. The van der Waals surface area contributed by atoms with Gasteiger partial charge in [-0.1, -0.05) is 25.8 Å². The number of unbranched alkanes of at least 4 members (excludes halogenated alkanes) is 2. The van der Waals surface area contributed by atoms with E-state index in [0.29, 0.717) is 17.5 Å². The van der Waals surface area contributed by atoms with Gasteiger partial charge < -0.3 is 30.1 Å². The van der Waals surface area contributed by atoms with E-state index >= 15 is 0 Å². The quantitative estimate of drug-likeness (QED) is 0.187. The Bertz CT molecular complexity index is 917. The van der Waals surface area contributed by atoms with Crippen molar-refractivity contribution in [3.8, 4) is 5.75 Å². The number of phenolic OH excluding ortho intramolecular Hbond substituents is 1. The molecule has 0 radical (unpaired) electrons. The average Bonchev–Trinajstić information content (AvgIpc) is 2.80. The zero-order valence-electron chi connectivity index (χ0n) is 21.9. The lowest BCUT2D eigenvalue weighted by atomic mass is 10.00. The molecule has 0 heterocycles. The van der Waals surface area contributed by atoms with Crippen molar-refractivity contribution in [3.05, 3.63) is 29.3 Å². The first-order valence-electron chi connectivity index (χ1n) is 11.9. The zero-order chi connectivity index (χ0) is 27.5. The summed E-state index contributed by atoms with van der Waals surface area (Å²) in [7, 11) is 1.20. The van der Waals surface area contributed by atoms with Gasteiger partial charge in [-0.3, -0.25) is 14.4 Å². The summed E-state index contributed by atoms with van der Waals surface area (Å²) in [4.78, 5) is 52.5. The summed E-state index contributed by atoms with van der Waals surface area (Å²) in [6.07, 6.45) is 1.51. The predicted octanol–water partition coefficient (Wildman–Crippen LogP) is 2.87. The fraction of sp³-hybridized carbons (Fsp3) is 0.600. The molecule has 0 aliphatic heterocycles. The van der Waals surface area contributed by atoms with Gasteiger partial charge in [0.1, 0.15) is 30.0 Å². The third-order valence-electron chi connectivity index (χ3n) is 5.19. The van der Waals surface area contributed by atoms with Crippen molar-refractivity contribution in [1.82, 2.24) is 15.5 Å². The summed E-state index contributed by atoms with van der Waals surface area (Å²) in [6.45, 7) is 8.62. The molecule has 3 amide bonds. The first-order chi connectivity index (χ1) is 16.8. The number of nitrogens with zero attached hydrogens (tertiary/aromatic N) is 1. The number of aromatic hydroxyl groups is 1. The maximum Gasteiger partial charge on any atom is 0.408 e. The van der Waals surface area contributed by atoms with Gasteiger partial charge in [-0.25, -0.2) is 4.79 Å². The normalized spacial score (nSPS) is 12.8. The second kappa shape index (κ2) is 14.6. The summed E-state index contributed by atoms with van der Waals surface area (Å²) in [6, 6.07) is 2.38. The van der Waals surface area contributed by atoms with Gasteiger partial charge in [0.25, 0.3) is 0 Å². The zero-order valence-corrected chi connectivity index (χ0v) is 22.8. The summed E-state index contributed by atoms with van der Waals surface area (Å²) >= 11 is 4.25.